The van der Waals surface area contributed by atoms with Gasteiger partial charge < -0.3 is 5.32 Å². The molecule has 1 rings (SSSR count). The molecule has 1 heterocycles. The summed E-state index contributed by atoms with van der Waals surface area (Å²) in [5, 5.41) is 3.38. The Morgan fingerprint density at radius 3 is 2.56 bits per heavy atom. The Labute approximate surface area is 101 Å². The Morgan fingerprint density at radius 2 is 2.12 bits per heavy atom. The van der Waals surface area contributed by atoms with Crippen LogP contribution in [0.3, 0.4) is 0 Å². The Bertz CT molecular complexity index is 368. The molecule has 90 valence electrons. The highest BCUT2D eigenvalue weighted by Gasteiger charge is 2.20. The molecule has 1 amide bonds. The first-order valence-electron chi connectivity index (χ1n) is 5.49. The van der Waals surface area contributed by atoms with Gasteiger partial charge in [-0.2, -0.15) is 4.37 Å². The fourth-order valence-corrected chi connectivity index (χ4v) is 1.75. The van der Waals surface area contributed by atoms with Crippen LogP contribution < -0.4 is 5.32 Å². The molecule has 0 aliphatic carbocycles. The summed E-state index contributed by atoms with van der Waals surface area (Å²) in [6.07, 6.45) is 0.830. The Hall–Kier alpha value is -0.970. The molecule has 0 saturated carbocycles. The molecular formula is C11H19N3OS. The normalized spacial score (nSPS) is 13.6. The largest absolute Gasteiger partial charge is 0.300 e. The smallest absolute Gasteiger partial charge is 0.229 e. The molecule has 0 saturated heterocycles. The van der Waals surface area contributed by atoms with Crippen LogP contribution in [0.15, 0.2) is 0 Å². The molecule has 16 heavy (non-hydrogen) atoms. The van der Waals surface area contributed by atoms with Gasteiger partial charge in [0.2, 0.25) is 11.0 Å². The summed E-state index contributed by atoms with van der Waals surface area (Å²) in [6, 6.07) is 0. The number of rotatable bonds is 3. The van der Waals surface area contributed by atoms with E-state index in [4.69, 9.17) is 0 Å². The van der Waals surface area contributed by atoms with E-state index in [1.54, 1.807) is 0 Å². The van der Waals surface area contributed by atoms with Gasteiger partial charge >= 0.3 is 0 Å². The van der Waals surface area contributed by atoms with Crippen molar-refractivity contribution in [2.45, 2.75) is 46.5 Å². The molecule has 1 aromatic heterocycles. The third kappa shape index (κ3) is 3.27. The zero-order chi connectivity index (χ0) is 12.3. The number of nitrogens with zero attached hydrogens (tertiary/aromatic N) is 2. The molecule has 1 unspecified atom stereocenters. The van der Waals surface area contributed by atoms with E-state index in [1.165, 1.54) is 11.5 Å². The number of carbonyl (C=O) groups excluding carboxylic acids is 1. The van der Waals surface area contributed by atoms with E-state index >= 15 is 0 Å². The van der Waals surface area contributed by atoms with Gasteiger partial charge in [-0.3, -0.25) is 4.79 Å². The van der Waals surface area contributed by atoms with Crippen LogP contribution in [0, 0.1) is 5.92 Å². The molecule has 0 aromatic carbocycles. The number of nitrogens with one attached hydrogen (secondary N) is 1. The second-order valence-electron chi connectivity index (χ2n) is 4.97. The summed E-state index contributed by atoms with van der Waals surface area (Å²) >= 11 is 1.24. The van der Waals surface area contributed by atoms with Crippen molar-refractivity contribution in [2.24, 2.45) is 5.92 Å². The molecule has 0 bridgehead atoms. The number of hydrogen-bond acceptors (Lipinski definition) is 4. The topological polar surface area (TPSA) is 54.9 Å². The van der Waals surface area contributed by atoms with Gasteiger partial charge in [0.05, 0.1) is 0 Å². The highest BCUT2D eigenvalue weighted by molar-refractivity contribution is 7.09. The standard InChI is InChI=1S/C11H19N3OS/c1-6-7(2)8(15)12-10-13-9(14-16-10)11(3,4)5/h7H,6H2,1-5H3,(H,12,13,14,15). The van der Waals surface area contributed by atoms with Gasteiger partial charge in [0.15, 0.2) is 0 Å². The van der Waals surface area contributed by atoms with E-state index in [2.05, 4.69) is 35.4 Å². The van der Waals surface area contributed by atoms with E-state index in [0.717, 1.165) is 12.2 Å². The van der Waals surface area contributed by atoms with Crippen molar-refractivity contribution in [2.75, 3.05) is 5.32 Å². The fourth-order valence-electron chi connectivity index (χ4n) is 0.993. The lowest BCUT2D eigenvalue weighted by Crippen LogP contribution is -2.20. The highest BCUT2D eigenvalue weighted by Crippen LogP contribution is 2.23. The fraction of sp³-hybridized carbons (Fsp3) is 0.727. The maximum atomic E-state index is 11.6. The van der Waals surface area contributed by atoms with Gasteiger partial charge in [-0.15, -0.1) is 0 Å². The van der Waals surface area contributed by atoms with Crippen LogP contribution in [0.25, 0.3) is 0 Å². The van der Waals surface area contributed by atoms with Crippen LogP contribution in [-0.4, -0.2) is 15.3 Å². The van der Waals surface area contributed by atoms with Crippen LogP contribution in [0.2, 0.25) is 0 Å². The molecule has 1 aromatic rings. The van der Waals surface area contributed by atoms with Crippen LogP contribution in [0.4, 0.5) is 5.13 Å². The van der Waals surface area contributed by atoms with E-state index in [9.17, 15) is 4.79 Å². The molecular weight excluding hydrogens is 222 g/mol. The zero-order valence-corrected chi connectivity index (χ0v) is 11.3. The predicted octanol–water partition coefficient (Wildman–Crippen LogP) is 2.82. The lowest BCUT2D eigenvalue weighted by atomic mass is 9.96. The van der Waals surface area contributed by atoms with Gasteiger partial charge in [-0.05, 0) is 6.42 Å². The quantitative estimate of drug-likeness (QED) is 0.885. The van der Waals surface area contributed by atoms with E-state index in [1.807, 2.05) is 13.8 Å². The second-order valence-corrected chi connectivity index (χ2v) is 5.72. The van der Waals surface area contributed by atoms with E-state index in [-0.39, 0.29) is 17.2 Å². The first kappa shape index (κ1) is 13.1. The van der Waals surface area contributed by atoms with Gasteiger partial charge in [0, 0.05) is 22.9 Å². The SMILES string of the molecule is CCC(C)C(=O)Nc1nc(C(C)(C)C)ns1. The number of anilines is 1. The monoisotopic (exact) mass is 241 g/mol. The Balaban J connectivity index is 2.70. The predicted molar refractivity (Wildman–Crippen MR) is 66.7 cm³/mol. The van der Waals surface area contributed by atoms with Gasteiger partial charge in [-0.1, -0.05) is 34.6 Å². The van der Waals surface area contributed by atoms with Crippen LogP contribution in [-0.2, 0) is 10.2 Å². The molecule has 1 atom stereocenters. The average molecular weight is 241 g/mol. The van der Waals surface area contributed by atoms with Crippen LogP contribution >= 0.6 is 11.5 Å². The third-order valence-electron chi connectivity index (χ3n) is 2.39. The molecule has 4 nitrogen and oxygen atoms in total. The lowest BCUT2D eigenvalue weighted by Gasteiger charge is -2.12. The number of hydrogen-bond donors (Lipinski definition) is 1. The highest BCUT2D eigenvalue weighted by atomic mass is 32.1. The van der Waals surface area contributed by atoms with Crippen LogP contribution in [0.1, 0.15) is 46.9 Å². The molecule has 0 radical (unpaired) electrons. The van der Waals surface area contributed by atoms with Crippen molar-refractivity contribution in [3.8, 4) is 0 Å². The van der Waals surface area contributed by atoms with Crippen molar-refractivity contribution < 1.29 is 4.79 Å². The number of aromatic nitrogens is 2. The van der Waals surface area contributed by atoms with Gasteiger partial charge in [0.25, 0.3) is 0 Å². The molecule has 0 aliphatic heterocycles. The van der Waals surface area contributed by atoms with Crippen molar-refractivity contribution in [1.29, 1.82) is 0 Å². The summed E-state index contributed by atoms with van der Waals surface area (Å²) in [4.78, 5) is 15.9. The van der Waals surface area contributed by atoms with Crippen molar-refractivity contribution in [1.82, 2.24) is 9.36 Å². The van der Waals surface area contributed by atoms with Crippen molar-refractivity contribution in [3.05, 3.63) is 5.82 Å². The van der Waals surface area contributed by atoms with Gasteiger partial charge in [-0.25, -0.2) is 4.98 Å². The van der Waals surface area contributed by atoms with Crippen LogP contribution in [0.5, 0.6) is 0 Å². The summed E-state index contributed by atoms with van der Waals surface area (Å²) in [5.41, 5.74) is -0.0736. The zero-order valence-electron chi connectivity index (χ0n) is 10.5. The minimum absolute atomic E-state index is 0.0131. The summed E-state index contributed by atoms with van der Waals surface area (Å²) in [6.45, 7) is 10.0. The Kier molecular flexibility index (Phi) is 4.02. The summed E-state index contributed by atoms with van der Waals surface area (Å²) in [7, 11) is 0. The van der Waals surface area contributed by atoms with Crippen molar-refractivity contribution >= 4 is 22.6 Å². The lowest BCUT2D eigenvalue weighted by molar-refractivity contribution is -0.119. The molecule has 0 aliphatic rings. The molecule has 0 fully saturated rings. The third-order valence-corrected chi connectivity index (χ3v) is 3.02. The maximum absolute atomic E-state index is 11.6. The molecule has 0 spiro atoms. The minimum atomic E-state index is -0.0736. The average Bonchev–Trinajstić information content (AvgIpc) is 2.64. The maximum Gasteiger partial charge on any atom is 0.229 e. The molecule has 1 N–H and O–H groups in total. The van der Waals surface area contributed by atoms with E-state index in [0.29, 0.717) is 5.13 Å². The van der Waals surface area contributed by atoms with E-state index < -0.39 is 0 Å². The number of amides is 1. The second kappa shape index (κ2) is 4.91. The Morgan fingerprint density at radius 1 is 1.50 bits per heavy atom. The minimum Gasteiger partial charge on any atom is -0.300 e. The van der Waals surface area contributed by atoms with Gasteiger partial charge in [0.1, 0.15) is 5.82 Å². The number of carbonyl (C=O) groups is 1. The first-order chi connectivity index (χ1) is 7.34. The summed E-state index contributed by atoms with van der Waals surface area (Å²) < 4.78 is 4.24. The summed E-state index contributed by atoms with van der Waals surface area (Å²) in [5.74, 6) is 0.804. The molecule has 5 heteroatoms. The first-order valence-corrected chi connectivity index (χ1v) is 6.27. The van der Waals surface area contributed by atoms with Crippen molar-refractivity contribution in [3.63, 3.8) is 0 Å².